The molecule has 6 nitrogen and oxygen atoms in total. The number of carbonyl (C=O) groups is 1. The molecule has 26 heavy (non-hydrogen) atoms. The first kappa shape index (κ1) is 18.0. The quantitative estimate of drug-likeness (QED) is 0.844. The number of ether oxygens (including phenoxy) is 1. The molecule has 3 heterocycles. The number of aryl methyl sites for hydroxylation is 1. The van der Waals surface area contributed by atoms with Crippen molar-refractivity contribution >= 4 is 5.91 Å². The van der Waals surface area contributed by atoms with E-state index in [-0.39, 0.29) is 11.3 Å². The molecule has 2 fully saturated rings. The van der Waals surface area contributed by atoms with Gasteiger partial charge in [-0.3, -0.25) is 14.4 Å². The molecule has 1 amide bonds. The molecule has 6 heteroatoms. The fourth-order valence-electron chi connectivity index (χ4n) is 4.19. The summed E-state index contributed by atoms with van der Waals surface area (Å²) in [7, 11) is 0. The van der Waals surface area contributed by atoms with Crippen LogP contribution in [0.3, 0.4) is 0 Å². The second-order valence-electron chi connectivity index (χ2n) is 8.48. The maximum Gasteiger partial charge on any atom is 0.225 e. The van der Waals surface area contributed by atoms with Gasteiger partial charge in [0.15, 0.2) is 0 Å². The van der Waals surface area contributed by atoms with Crippen molar-refractivity contribution in [1.29, 1.82) is 0 Å². The minimum absolute atomic E-state index is 0.0556. The van der Waals surface area contributed by atoms with Crippen molar-refractivity contribution in [1.82, 2.24) is 20.0 Å². The van der Waals surface area contributed by atoms with E-state index in [9.17, 15) is 4.79 Å². The van der Waals surface area contributed by atoms with Crippen molar-refractivity contribution in [3.8, 4) is 0 Å². The Balaban J connectivity index is 1.28. The van der Waals surface area contributed by atoms with Gasteiger partial charge < -0.3 is 10.1 Å². The van der Waals surface area contributed by atoms with Crippen molar-refractivity contribution in [2.24, 2.45) is 11.3 Å². The Morgan fingerprint density at radius 3 is 2.81 bits per heavy atom. The summed E-state index contributed by atoms with van der Waals surface area (Å²) in [5.41, 5.74) is 3.85. The number of amides is 1. The van der Waals surface area contributed by atoms with Crippen molar-refractivity contribution in [3.63, 3.8) is 0 Å². The third-order valence-corrected chi connectivity index (χ3v) is 6.46. The highest BCUT2D eigenvalue weighted by atomic mass is 16.5. The number of rotatable bonds is 6. The molecular weight excluding hydrogens is 328 g/mol. The number of nitrogens with zero attached hydrogens (tertiary/aromatic N) is 3. The highest BCUT2D eigenvalue weighted by Gasteiger charge is 2.44. The molecule has 1 aliphatic carbocycles. The molecule has 0 unspecified atom stereocenters. The van der Waals surface area contributed by atoms with Crippen molar-refractivity contribution in [3.05, 3.63) is 17.0 Å². The van der Waals surface area contributed by atoms with Gasteiger partial charge in [-0.2, -0.15) is 5.10 Å². The van der Waals surface area contributed by atoms with Crippen LogP contribution in [0.1, 0.15) is 56.5 Å². The molecule has 1 aromatic rings. The minimum Gasteiger partial charge on any atom is -0.376 e. The van der Waals surface area contributed by atoms with Crippen molar-refractivity contribution in [2.75, 3.05) is 26.2 Å². The van der Waals surface area contributed by atoms with Crippen molar-refractivity contribution < 1.29 is 9.53 Å². The van der Waals surface area contributed by atoms with Gasteiger partial charge in [0.1, 0.15) is 0 Å². The van der Waals surface area contributed by atoms with Crippen LogP contribution in [0.15, 0.2) is 0 Å². The number of fused-ring (bicyclic) bond motifs is 1. The average Bonchev–Trinajstić information content (AvgIpc) is 3.33. The SMILES string of the molecule is CCn1nc(CN2CCC(CNC(=O)C3(C)CC3)CC2)c2c1CCOC2. The molecule has 1 N–H and O–H groups in total. The fourth-order valence-corrected chi connectivity index (χ4v) is 4.19. The monoisotopic (exact) mass is 360 g/mol. The lowest BCUT2D eigenvalue weighted by Crippen LogP contribution is -2.40. The molecule has 144 valence electrons. The normalized spacial score (nSPS) is 22.8. The minimum atomic E-state index is -0.0556. The number of hydrogen-bond acceptors (Lipinski definition) is 4. The van der Waals surface area contributed by atoms with Gasteiger partial charge in [0.25, 0.3) is 0 Å². The summed E-state index contributed by atoms with van der Waals surface area (Å²) in [5, 5.41) is 8.04. The Kier molecular flexibility index (Phi) is 5.06. The van der Waals surface area contributed by atoms with Crippen LogP contribution in [-0.4, -0.2) is 46.8 Å². The molecule has 0 bridgehead atoms. The van der Waals surface area contributed by atoms with Gasteiger partial charge in [-0.25, -0.2) is 0 Å². The molecule has 4 rings (SSSR count). The predicted molar refractivity (Wildman–Crippen MR) is 99.6 cm³/mol. The van der Waals surface area contributed by atoms with Crippen molar-refractivity contribution in [2.45, 2.75) is 65.6 Å². The standard InChI is InChI=1S/C20H32N4O2/c1-3-24-18-6-11-26-14-16(18)17(22-24)13-23-9-4-15(5-10-23)12-21-19(25)20(2)7-8-20/h15H,3-14H2,1-2H3,(H,21,25). The summed E-state index contributed by atoms with van der Waals surface area (Å²) in [4.78, 5) is 14.6. The van der Waals surface area contributed by atoms with Gasteiger partial charge in [-0.15, -0.1) is 0 Å². The number of hydrogen-bond donors (Lipinski definition) is 1. The van der Waals surface area contributed by atoms with Gasteiger partial charge in [0, 0.05) is 42.7 Å². The molecule has 3 aliphatic rings. The molecule has 0 spiro atoms. The molecule has 0 radical (unpaired) electrons. The smallest absolute Gasteiger partial charge is 0.225 e. The lowest BCUT2D eigenvalue weighted by Gasteiger charge is -2.32. The van der Waals surface area contributed by atoms with Gasteiger partial charge in [-0.1, -0.05) is 6.92 Å². The van der Waals surface area contributed by atoms with Crippen LogP contribution in [0.25, 0.3) is 0 Å². The van der Waals surface area contributed by atoms with Crippen LogP contribution in [0.5, 0.6) is 0 Å². The first-order chi connectivity index (χ1) is 12.6. The number of aromatic nitrogens is 2. The van der Waals surface area contributed by atoms with E-state index in [2.05, 4.69) is 28.7 Å². The zero-order valence-electron chi connectivity index (χ0n) is 16.2. The van der Waals surface area contributed by atoms with E-state index < -0.39 is 0 Å². The first-order valence-corrected chi connectivity index (χ1v) is 10.2. The van der Waals surface area contributed by atoms with E-state index in [0.717, 1.165) is 71.4 Å². The van der Waals surface area contributed by atoms with Crippen LogP contribution in [0.2, 0.25) is 0 Å². The molecule has 1 saturated carbocycles. The number of likely N-dealkylation sites (tertiary alicyclic amines) is 1. The molecule has 2 aliphatic heterocycles. The van der Waals surface area contributed by atoms with E-state index >= 15 is 0 Å². The average molecular weight is 361 g/mol. The van der Waals surface area contributed by atoms with Crippen LogP contribution in [0.4, 0.5) is 0 Å². The second kappa shape index (κ2) is 7.31. The lowest BCUT2D eigenvalue weighted by atomic mass is 9.96. The highest BCUT2D eigenvalue weighted by molar-refractivity contribution is 5.84. The van der Waals surface area contributed by atoms with Crippen LogP contribution >= 0.6 is 0 Å². The summed E-state index contributed by atoms with van der Waals surface area (Å²) in [5.74, 6) is 0.875. The molecular formula is C20H32N4O2. The van der Waals surface area contributed by atoms with E-state index in [4.69, 9.17) is 9.84 Å². The van der Waals surface area contributed by atoms with E-state index in [1.807, 2.05) is 0 Å². The predicted octanol–water partition coefficient (Wildman–Crippen LogP) is 2.10. The third kappa shape index (κ3) is 3.67. The maximum absolute atomic E-state index is 12.1. The molecule has 1 aromatic heterocycles. The number of piperidine rings is 1. The summed E-state index contributed by atoms with van der Waals surface area (Å²) in [6.45, 7) is 10.6. The molecule has 0 atom stereocenters. The fraction of sp³-hybridized carbons (Fsp3) is 0.800. The highest BCUT2D eigenvalue weighted by Crippen LogP contribution is 2.45. The van der Waals surface area contributed by atoms with Gasteiger partial charge >= 0.3 is 0 Å². The number of carbonyl (C=O) groups excluding carboxylic acids is 1. The summed E-state index contributed by atoms with van der Waals surface area (Å²) < 4.78 is 7.84. The van der Waals surface area contributed by atoms with E-state index in [0.29, 0.717) is 12.5 Å². The Bertz CT molecular complexity index is 657. The van der Waals surface area contributed by atoms with E-state index in [1.165, 1.54) is 17.0 Å². The zero-order valence-corrected chi connectivity index (χ0v) is 16.2. The Morgan fingerprint density at radius 2 is 2.12 bits per heavy atom. The summed E-state index contributed by atoms with van der Waals surface area (Å²) in [6.07, 6.45) is 5.40. The van der Waals surface area contributed by atoms with Gasteiger partial charge in [-0.05, 0) is 51.6 Å². The molecule has 1 saturated heterocycles. The second-order valence-corrected chi connectivity index (χ2v) is 8.48. The Labute approximate surface area is 156 Å². The van der Waals surface area contributed by atoms with E-state index in [1.54, 1.807) is 0 Å². The lowest BCUT2D eigenvalue weighted by molar-refractivity contribution is -0.126. The van der Waals surface area contributed by atoms with Gasteiger partial charge in [0.2, 0.25) is 5.91 Å². The topological polar surface area (TPSA) is 59.4 Å². The van der Waals surface area contributed by atoms with Crippen LogP contribution in [0, 0.1) is 11.3 Å². The Morgan fingerprint density at radius 1 is 1.35 bits per heavy atom. The van der Waals surface area contributed by atoms with Gasteiger partial charge in [0.05, 0.1) is 18.9 Å². The summed E-state index contributed by atoms with van der Waals surface area (Å²) in [6, 6.07) is 0. The van der Waals surface area contributed by atoms with Crippen LogP contribution in [-0.2, 0) is 35.6 Å². The summed E-state index contributed by atoms with van der Waals surface area (Å²) >= 11 is 0. The zero-order chi connectivity index (χ0) is 18.1. The Hall–Kier alpha value is -1.40. The first-order valence-electron chi connectivity index (χ1n) is 10.2. The maximum atomic E-state index is 12.1. The largest absolute Gasteiger partial charge is 0.376 e. The van der Waals surface area contributed by atoms with Crippen LogP contribution < -0.4 is 5.32 Å². The third-order valence-electron chi connectivity index (χ3n) is 6.46. The molecule has 0 aromatic carbocycles. The number of nitrogens with one attached hydrogen (secondary N) is 1.